The first-order valence-electron chi connectivity index (χ1n) is 7.32. The minimum absolute atomic E-state index is 0.105. The van der Waals surface area contributed by atoms with Gasteiger partial charge in [0.1, 0.15) is 0 Å². The van der Waals surface area contributed by atoms with Crippen LogP contribution in [-0.4, -0.2) is 40.1 Å². The van der Waals surface area contributed by atoms with Gasteiger partial charge in [-0.1, -0.05) is 18.6 Å². The minimum atomic E-state index is 0.105. The van der Waals surface area contributed by atoms with Crippen molar-refractivity contribution in [1.82, 2.24) is 5.32 Å². The van der Waals surface area contributed by atoms with Crippen molar-refractivity contribution >= 4 is 17.3 Å². The molecule has 0 aliphatic heterocycles. The zero-order valence-electron chi connectivity index (χ0n) is 12.7. The Morgan fingerprint density at radius 1 is 1.20 bits per heavy atom. The molecular formula is C16H25N3O. The summed E-state index contributed by atoms with van der Waals surface area (Å²) in [5, 5.41) is 3.04. The fourth-order valence-corrected chi connectivity index (χ4v) is 2.48. The molecule has 1 fully saturated rings. The number of benzene rings is 1. The molecule has 0 heterocycles. The number of amides is 1. The van der Waals surface area contributed by atoms with E-state index in [2.05, 4.69) is 22.3 Å². The van der Waals surface area contributed by atoms with Crippen LogP contribution in [0.5, 0.6) is 0 Å². The van der Waals surface area contributed by atoms with E-state index in [0.717, 1.165) is 17.9 Å². The molecule has 20 heavy (non-hydrogen) atoms. The Balaban J connectivity index is 1.90. The van der Waals surface area contributed by atoms with Gasteiger partial charge in [-0.3, -0.25) is 4.79 Å². The SMILES string of the molecule is CN(C)c1ccccc1N(C)CC(=O)NCC1CCC1. The fourth-order valence-electron chi connectivity index (χ4n) is 2.48. The number of hydrogen-bond donors (Lipinski definition) is 1. The lowest BCUT2D eigenvalue weighted by atomic mass is 9.85. The highest BCUT2D eigenvalue weighted by atomic mass is 16.2. The lowest BCUT2D eigenvalue weighted by Gasteiger charge is -2.27. The molecule has 0 atom stereocenters. The van der Waals surface area contributed by atoms with E-state index in [1.807, 2.05) is 38.2 Å². The zero-order chi connectivity index (χ0) is 14.5. The van der Waals surface area contributed by atoms with Crippen LogP contribution in [0.2, 0.25) is 0 Å². The number of para-hydroxylation sites is 2. The molecule has 0 bridgehead atoms. The molecule has 4 heteroatoms. The van der Waals surface area contributed by atoms with Crippen LogP contribution in [0, 0.1) is 5.92 Å². The maximum Gasteiger partial charge on any atom is 0.239 e. The molecule has 1 aliphatic carbocycles. The molecular weight excluding hydrogens is 250 g/mol. The van der Waals surface area contributed by atoms with E-state index in [1.165, 1.54) is 19.3 Å². The van der Waals surface area contributed by atoms with Crippen LogP contribution < -0.4 is 15.1 Å². The Morgan fingerprint density at radius 3 is 2.40 bits per heavy atom. The highest BCUT2D eigenvalue weighted by molar-refractivity contribution is 5.83. The highest BCUT2D eigenvalue weighted by Crippen LogP contribution is 2.27. The van der Waals surface area contributed by atoms with E-state index >= 15 is 0 Å². The van der Waals surface area contributed by atoms with Crippen LogP contribution in [-0.2, 0) is 4.79 Å². The van der Waals surface area contributed by atoms with Crippen LogP contribution in [0.4, 0.5) is 11.4 Å². The molecule has 1 aliphatic rings. The van der Waals surface area contributed by atoms with Crippen LogP contribution in [0.15, 0.2) is 24.3 Å². The summed E-state index contributed by atoms with van der Waals surface area (Å²) in [6.07, 6.45) is 3.84. The lowest BCUT2D eigenvalue weighted by molar-refractivity contribution is -0.120. The van der Waals surface area contributed by atoms with Gasteiger partial charge in [0.15, 0.2) is 0 Å². The van der Waals surface area contributed by atoms with Gasteiger partial charge in [-0.05, 0) is 30.9 Å². The van der Waals surface area contributed by atoms with Crippen molar-refractivity contribution < 1.29 is 4.79 Å². The third kappa shape index (κ3) is 3.65. The van der Waals surface area contributed by atoms with Gasteiger partial charge in [0.05, 0.1) is 17.9 Å². The van der Waals surface area contributed by atoms with Crippen molar-refractivity contribution in [1.29, 1.82) is 0 Å². The van der Waals surface area contributed by atoms with Crippen molar-refractivity contribution in [3.63, 3.8) is 0 Å². The Morgan fingerprint density at radius 2 is 1.85 bits per heavy atom. The molecule has 0 saturated heterocycles. The largest absolute Gasteiger partial charge is 0.376 e. The second-order valence-electron chi connectivity index (χ2n) is 5.84. The van der Waals surface area contributed by atoms with Gasteiger partial charge in [0, 0.05) is 27.7 Å². The number of nitrogens with one attached hydrogen (secondary N) is 1. The van der Waals surface area contributed by atoms with Gasteiger partial charge in [0.2, 0.25) is 5.91 Å². The average molecular weight is 275 g/mol. The second kappa shape index (κ2) is 6.64. The molecule has 1 aromatic rings. The summed E-state index contributed by atoms with van der Waals surface area (Å²) in [4.78, 5) is 16.1. The molecule has 110 valence electrons. The number of carbonyl (C=O) groups excluding carboxylic acids is 1. The molecule has 0 spiro atoms. The molecule has 1 amide bonds. The number of rotatable bonds is 6. The van der Waals surface area contributed by atoms with Crippen molar-refractivity contribution in [3.05, 3.63) is 24.3 Å². The van der Waals surface area contributed by atoms with Crippen molar-refractivity contribution in [2.45, 2.75) is 19.3 Å². The maximum absolute atomic E-state index is 12.0. The summed E-state index contributed by atoms with van der Waals surface area (Å²) >= 11 is 0. The van der Waals surface area contributed by atoms with E-state index in [9.17, 15) is 4.79 Å². The lowest BCUT2D eigenvalue weighted by Crippen LogP contribution is -2.39. The second-order valence-corrected chi connectivity index (χ2v) is 5.84. The molecule has 2 rings (SSSR count). The topological polar surface area (TPSA) is 35.6 Å². The summed E-state index contributed by atoms with van der Waals surface area (Å²) in [6, 6.07) is 8.14. The van der Waals surface area contributed by atoms with Crippen LogP contribution in [0.1, 0.15) is 19.3 Å². The first-order chi connectivity index (χ1) is 9.58. The van der Waals surface area contributed by atoms with E-state index in [4.69, 9.17) is 0 Å². The van der Waals surface area contributed by atoms with Crippen LogP contribution >= 0.6 is 0 Å². The summed E-state index contributed by atoms with van der Waals surface area (Å²) in [6.45, 7) is 1.24. The molecule has 0 radical (unpaired) electrons. The number of nitrogens with zero attached hydrogens (tertiary/aromatic N) is 2. The third-order valence-electron chi connectivity index (χ3n) is 3.97. The van der Waals surface area contributed by atoms with Crippen molar-refractivity contribution in [2.75, 3.05) is 44.0 Å². The first-order valence-corrected chi connectivity index (χ1v) is 7.32. The molecule has 4 nitrogen and oxygen atoms in total. The summed E-state index contributed by atoms with van der Waals surface area (Å²) in [5.41, 5.74) is 2.21. The van der Waals surface area contributed by atoms with Gasteiger partial charge < -0.3 is 15.1 Å². The molecule has 1 saturated carbocycles. The highest BCUT2D eigenvalue weighted by Gasteiger charge is 2.18. The zero-order valence-corrected chi connectivity index (χ0v) is 12.7. The third-order valence-corrected chi connectivity index (χ3v) is 3.97. The van der Waals surface area contributed by atoms with Crippen molar-refractivity contribution in [3.8, 4) is 0 Å². The number of likely N-dealkylation sites (N-methyl/N-ethyl adjacent to an activating group) is 1. The summed E-state index contributed by atoms with van der Waals surface area (Å²) < 4.78 is 0. The number of hydrogen-bond acceptors (Lipinski definition) is 3. The van der Waals surface area contributed by atoms with Gasteiger partial charge in [0.25, 0.3) is 0 Å². The average Bonchev–Trinajstić information content (AvgIpc) is 2.36. The molecule has 1 N–H and O–H groups in total. The number of anilines is 2. The van der Waals surface area contributed by atoms with E-state index in [-0.39, 0.29) is 5.91 Å². The standard InChI is InChI=1S/C16H25N3O/c1-18(2)14-9-4-5-10-15(14)19(3)12-16(20)17-11-13-7-6-8-13/h4-5,9-10,13H,6-8,11-12H2,1-3H3,(H,17,20). The summed E-state index contributed by atoms with van der Waals surface area (Å²) in [7, 11) is 6.00. The van der Waals surface area contributed by atoms with E-state index < -0.39 is 0 Å². The van der Waals surface area contributed by atoms with Gasteiger partial charge >= 0.3 is 0 Å². The summed E-state index contributed by atoms with van der Waals surface area (Å²) in [5.74, 6) is 0.811. The fraction of sp³-hybridized carbons (Fsp3) is 0.562. The van der Waals surface area contributed by atoms with E-state index in [0.29, 0.717) is 12.5 Å². The van der Waals surface area contributed by atoms with Gasteiger partial charge in [-0.25, -0.2) is 0 Å². The van der Waals surface area contributed by atoms with E-state index in [1.54, 1.807) is 0 Å². The monoisotopic (exact) mass is 275 g/mol. The Kier molecular flexibility index (Phi) is 4.88. The Hall–Kier alpha value is -1.71. The quantitative estimate of drug-likeness (QED) is 0.863. The minimum Gasteiger partial charge on any atom is -0.376 e. The van der Waals surface area contributed by atoms with Crippen LogP contribution in [0.25, 0.3) is 0 Å². The van der Waals surface area contributed by atoms with Gasteiger partial charge in [-0.2, -0.15) is 0 Å². The Labute approximate surface area is 121 Å². The number of carbonyl (C=O) groups is 1. The predicted molar refractivity (Wildman–Crippen MR) is 84.4 cm³/mol. The smallest absolute Gasteiger partial charge is 0.239 e. The molecule has 1 aromatic carbocycles. The Bertz CT molecular complexity index is 455. The molecule has 0 aromatic heterocycles. The van der Waals surface area contributed by atoms with Gasteiger partial charge in [-0.15, -0.1) is 0 Å². The normalized spacial score (nSPS) is 14.6. The maximum atomic E-state index is 12.0. The first kappa shape index (κ1) is 14.7. The predicted octanol–water partition coefficient (Wildman–Crippen LogP) is 2.11. The van der Waals surface area contributed by atoms with Crippen LogP contribution in [0.3, 0.4) is 0 Å². The molecule has 0 unspecified atom stereocenters. The van der Waals surface area contributed by atoms with Crippen molar-refractivity contribution in [2.24, 2.45) is 5.92 Å².